The maximum Gasteiger partial charge on any atom is 0.169 e. The molecule has 1 aromatic carbocycles. The normalized spacial score (nSPS) is 19.4. The quantitative estimate of drug-likeness (QED) is 0.855. The largest absolute Gasteiger partial charge is 0.506 e. The number of hydrogen-bond acceptors (Lipinski definition) is 5. The molecule has 6 heteroatoms. The Hall–Kier alpha value is -1.17. The number of phenolic OH excluding ortho intramolecular Hbond substituents is 1. The van der Waals surface area contributed by atoms with Gasteiger partial charge < -0.3 is 19.9 Å². The van der Waals surface area contributed by atoms with Gasteiger partial charge in [0.15, 0.2) is 11.5 Å². The fourth-order valence-electron chi connectivity index (χ4n) is 2.45. The van der Waals surface area contributed by atoms with E-state index in [1.54, 1.807) is 6.07 Å². The van der Waals surface area contributed by atoms with E-state index in [-0.39, 0.29) is 5.75 Å². The van der Waals surface area contributed by atoms with Crippen LogP contribution in [0.2, 0.25) is 5.02 Å². The van der Waals surface area contributed by atoms with Gasteiger partial charge in [-0.15, -0.1) is 0 Å². The smallest absolute Gasteiger partial charge is 0.169 e. The summed E-state index contributed by atoms with van der Waals surface area (Å²) in [5.74, 6) is 1.36. The zero-order valence-electron chi connectivity index (χ0n) is 10.6. The van der Waals surface area contributed by atoms with Gasteiger partial charge >= 0.3 is 0 Å². The summed E-state index contributed by atoms with van der Waals surface area (Å²) in [6.45, 7) is 5.45. The highest BCUT2D eigenvalue weighted by atomic mass is 35.5. The highest BCUT2D eigenvalue weighted by Crippen LogP contribution is 2.44. The minimum absolute atomic E-state index is 0.101. The van der Waals surface area contributed by atoms with E-state index in [1.807, 2.05) is 0 Å². The van der Waals surface area contributed by atoms with Crippen LogP contribution < -0.4 is 14.8 Å². The summed E-state index contributed by atoms with van der Waals surface area (Å²) in [5.41, 5.74) is 0.726. The molecule has 2 heterocycles. The lowest BCUT2D eigenvalue weighted by Crippen LogP contribution is -2.43. The first-order valence-electron chi connectivity index (χ1n) is 6.48. The Kier molecular flexibility index (Phi) is 3.68. The van der Waals surface area contributed by atoms with Gasteiger partial charge in [0.1, 0.15) is 19.0 Å². The molecule has 0 spiro atoms. The van der Waals surface area contributed by atoms with E-state index in [4.69, 9.17) is 21.1 Å². The van der Waals surface area contributed by atoms with Gasteiger partial charge in [0.25, 0.3) is 0 Å². The zero-order valence-corrected chi connectivity index (χ0v) is 11.4. The standard InChI is InChI=1S/C13H17ClN2O3/c14-10-7-11-13(19-6-5-18-11)9(12(10)17)8-16-3-1-15-2-4-16/h7,15,17H,1-6,8H2. The number of benzene rings is 1. The third-order valence-corrected chi connectivity index (χ3v) is 3.73. The van der Waals surface area contributed by atoms with Crippen LogP contribution in [-0.2, 0) is 6.54 Å². The molecule has 1 fully saturated rings. The Balaban J connectivity index is 1.91. The fraction of sp³-hybridized carbons (Fsp3) is 0.538. The molecule has 19 heavy (non-hydrogen) atoms. The maximum atomic E-state index is 10.2. The predicted octanol–water partition coefficient (Wildman–Crippen LogP) is 1.22. The number of nitrogens with one attached hydrogen (secondary N) is 1. The van der Waals surface area contributed by atoms with Gasteiger partial charge in [-0.3, -0.25) is 4.90 Å². The molecule has 5 nitrogen and oxygen atoms in total. The Morgan fingerprint density at radius 3 is 2.79 bits per heavy atom. The second-order valence-corrected chi connectivity index (χ2v) is 5.14. The number of halogens is 1. The average molecular weight is 285 g/mol. The lowest BCUT2D eigenvalue weighted by Gasteiger charge is -2.29. The number of piperazine rings is 1. The lowest BCUT2D eigenvalue weighted by molar-refractivity contribution is 0.163. The Labute approximate surface area is 117 Å². The molecule has 3 rings (SSSR count). The first kappa shape index (κ1) is 12.8. The van der Waals surface area contributed by atoms with E-state index in [0.717, 1.165) is 31.7 Å². The third kappa shape index (κ3) is 2.59. The maximum absolute atomic E-state index is 10.2. The van der Waals surface area contributed by atoms with Crippen molar-refractivity contribution in [3.8, 4) is 17.2 Å². The topological polar surface area (TPSA) is 54.0 Å². The van der Waals surface area contributed by atoms with Gasteiger partial charge in [0.2, 0.25) is 0 Å². The highest BCUT2D eigenvalue weighted by Gasteiger charge is 2.24. The molecular formula is C13H17ClN2O3. The number of ether oxygens (including phenoxy) is 2. The molecule has 0 aromatic heterocycles. The Bertz CT molecular complexity index is 475. The molecule has 2 N–H and O–H groups in total. The van der Waals surface area contributed by atoms with Crippen LogP contribution in [0.1, 0.15) is 5.56 Å². The molecule has 0 saturated carbocycles. The molecule has 0 amide bonds. The number of nitrogens with zero attached hydrogens (tertiary/aromatic N) is 1. The first-order chi connectivity index (χ1) is 9.25. The molecule has 104 valence electrons. The van der Waals surface area contributed by atoms with Crippen molar-refractivity contribution in [2.75, 3.05) is 39.4 Å². The minimum atomic E-state index is 0.101. The molecule has 1 saturated heterocycles. The molecule has 0 unspecified atom stereocenters. The summed E-state index contributed by atoms with van der Waals surface area (Å²) in [5, 5.41) is 13.8. The number of phenols is 1. The van der Waals surface area contributed by atoms with Crippen LogP contribution in [-0.4, -0.2) is 49.4 Å². The van der Waals surface area contributed by atoms with Crippen LogP contribution >= 0.6 is 11.6 Å². The number of fused-ring (bicyclic) bond motifs is 1. The van der Waals surface area contributed by atoms with Crippen molar-refractivity contribution in [2.24, 2.45) is 0 Å². The fourth-order valence-corrected chi connectivity index (χ4v) is 2.66. The third-order valence-electron chi connectivity index (χ3n) is 3.45. The summed E-state index contributed by atoms with van der Waals surface area (Å²) in [6.07, 6.45) is 0. The summed E-state index contributed by atoms with van der Waals surface area (Å²) in [4.78, 5) is 2.26. The van der Waals surface area contributed by atoms with Gasteiger partial charge in [-0.1, -0.05) is 11.6 Å². The Morgan fingerprint density at radius 1 is 1.26 bits per heavy atom. The van der Waals surface area contributed by atoms with Crippen LogP contribution in [0.15, 0.2) is 6.07 Å². The second kappa shape index (κ2) is 5.45. The van der Waals surface area contributed by atoms with Gasteiger partial charge in [-0.05, 0) is 0 Å². The van der Waals surface area contributed by atoms with E-state index in [1.165, 1.54) is 0 Å². The molecule has 0 aliphatic carbocycles. The van der Waals surface area contributed by atoms with E-state index >= 15 is 0 Å². The Morgan fingerprint density at radius 2 is 2.00 bits per heavy atom. The van der Waals surface area contributed by atoms with E-state index in [9.17, 15) is 5.11 Å². The van der Waals surface area contributed by atoms with E-state index in [0.29, 0.717) is 36.3 Å². The average Bonchev–Trinajstić information content (AvgIpc) is 2.45. The monoisotopic (exact) mass is 284 g/mol. The minimum Gasteiger partial charge on any atom is -0.506 e. The predicted molar refractivity (Wildman–Crippen MR) is 72.3 cm³/mol. The zero-order chi connectivity index (χ0) is 13.2. The molecule has 1 aromatic rings. The lowest BCUT2D eigenvalue weighted by atomic mass is 10.1. The number of aromatic hydroxyl groups is 1. The SMILES string of the molecule is Oc1c(Cl)cc2c(c1CN1CCNCC1)OCCO2. The van der Waals surface area contributed by atoms with Crippen molar-refractivity contribution in [1.29, 1.82) is 0 Å². The molecule has 0 atom stereocenters. The van der Waals surface area contributed by atoms with Gasteiger partial charge in [-0.2, -0.15) is 0 Å². The van der Waals surface area contributed by atoms with Crippen LogP contribution in [0.5, 0.6) is 17.2 Å². The molecule has 2 aliphatic heterocycles. The van der Waals surface area contributed by atoms with Crippen molar-refractivity contribution < 1.29 is 14.6 Å². The van der Waals surface area contributed by atoms with Crippen LogP contribution in [0.3, 0.4) is 0 Å². The van der Waals surface area contributed by atoms with Crippen molar-refractivity contribution in [1.82, 2.24) is 10.2 Å². The van der Waals surface area contributed by atoms with Crippen LogP contribution in [0, 0.1) is 0 Å². The summed E-state index contributed by atoms with van der Waals surface area (Å²) < 4.78 is 11.2. The van der Waals surface area contributed by atoms with Gasteiger partial charge in [0.05, 0.1) is 10.6 Å². The van der Waals surface area contributed by atoms with Crippen LogP contribution in [0.25, 0.3) is 0 Å². The summed E-state index contributed by atoms with van der Waals surface area (Å²) >= 11 is 6.05. The molecule has 0 bridgehead atoms. The number of rotatable bonds is 2. The van der Waals surface area contributed by atoms with Crippen molar-refractivity contribution in [3.05, 3.63) is 16.7 Å². The van der Waals surface area contributed by atoms with Crippen molar-refractivity contribution in [3.63, 3.8) is 0 Å². The summed E-state index contributed by atoms with van der Waals surface area (Å²) in [7, 11) is 0. The van der Waals surface area contributed by atoms with Gasteiger partial charge in [-0.25, -0.2) is 0 Å². The van der Waals surface area contributed by atoms with Crippen molar-refractivity contribution in [2.45, 2.75) is 6.54 Å². The first-order valence-corrected chi connectivity index (χ1v) is 6.86. The van der Waals surface area contributed by atoms with E-state index in [2.05, 4.69) is 10.2 Å². The molecule has 0 radical (unpaired) electrons. The molecular weight excluding hydrogens is 268 g/mol. The molecule has 2 aliphatic rings. The van der Waals surface area contributed by atoms with Crippen molar-refractivity contribution >= 4 is 11.6 Å². The van der Waals surface area contributed by atoms with E-state index < -0.39 is 0 Å². The number of hydrogen-bond donors (Lipinski definition) is 2. The second-order valence-electron chi connectivity index (χ2n) is 4.74. The highest BCUT2D eigenvalue weighted by molar-refractivity contribution is 6.32. The summed E-state index contributed by atoms with van der Waals surface area (Å²) in [6, 6.07) is 1.62. The van der Waals surface area contributed by atoms with Gasteiger partial charge in [0, 0.05) is 38.8 Å². The van der Waals surface area contributed by atoms with Crippen LogP contribution in [0.4, 0.5) is 0 Å².